The maximum atomic E-state index is 11.7. The molecule has 0 bridgehead atoms. The van der Waals surface area contributed by atoms with Crippen molar-refractivity contribution in [3.05, 3.63) is 29.8 Å². The molecule has 1 aromatic carbocycles. The Labute approximate surface area is 124 Å². The van der Waals surface area contributed by atoms with Crippen molar-refractivity contribution < 1.29 is 18.4 Å². The Kier molecular flexibility index (Phi) is 4.72. The number of rotatable bonds is 4. The quantitative estimate of drug-likeness (QED) is 0.380. The average molecular weight is 312 g/mol. The van der Waals surface area contributed by atoms with E-state index in [1.54, 1.807) is 24.3 Å². The first-order chi connectivity index (χ1) is 9.90. The van der Waals surface area contributed by atoms with Gasteiger partial charge in [-0.2, -0.15) is 0 Å². The Balaban J connectivity index is 2.08. The first kappa shape index (κ1) is 15.6. The van der Waals surface area contributed by atoms with E-state index in [2.05, 4.69) is 5.16 Å². The molecule has 7 heteroatoms. The van der Waals surface area contributed by atoms with Gasteiger partial charge >= 0.3 is 0 Å². The minimum Gasteiger partial charge on any atom is -0.490 e. The van der Waals surface area contributed by atoms with Crippen LogP contribution in [-0.2, 0) is 9.84 Å². The molecule has 6 nitrogen and oxygen atoms in total. The van der Waals surface area contributed by atoms with Crippen molar-refractivity contribution in [1.29, 1.82) is 0 Å². The monoisotopic (exact) mass is 312 g/mol. The Hall–Kier alpha value is -1.76. The Morgan fingerprint density at radius 1 is 1.43 bits per heavy atom. The summed E-state index contributed by atoms with van der Waals surface area (Å²) in [7, 11) is -3.03. The second-order valence-electron chi connectivity index (χ2n) is 5.37. The fourth-order valence-electron chi connectivity index (χ4n) is 2.58. The lowest BCUT2D eigenvalue weighted by Crippen LogP contribution is -2.33. The van der Waals surface area contributed by atoms with Crippen LogP contribution < -0.4 is 10.5 Å². The zero-order valence-corrected chi connectivity index (χ0v) is 12.7. The van der Waals surface area contributed by atoms with Crippen molar-refractivity contribution in [3.8, 4) is 5.75 Å². The van der Waals surface area contributed by atoms with E-state index in [0.717, 1.165) is 12.8 Å². The third-order valence-electron chi connectivity index (χ3n) is 3.72. The van der Waals surface area contributed by atoms with E-state index in [4.69, 9.17) is 15.7 Å². The van der Waals surface area contributed by atoms with E-state index in [9.17, 15) is 8.42 Å². The molecule has 0 heterocycles. The van der Waals surface area contributed by atoms with Crippen LogP contribution >= 0.6 is 0 Å². The van der Waals surface area contributed by atoms with Crippen LogP contribution in [0, 0.1) is 0 Å². The van der Waals surface area contributed by atoms with Gasteiger partial charge in [-0.3, -0.25) is 0 Å². The SMILES string of the molecule is CS(=O)(=O)C1CCCC(Oc2cccc(/C(N)=N/O)c2)C1. The van der Waals surface area contributed by atoms with Crippen molar-refractivity contribution in [2.24, 2.45) is 10.9 Å². The molecule has 1 fully saturated rings. The highest BCUT2D eigenvalue weighted by Crippen LogP contribution is 2.27. The fraction of sp³-hybridized carbons (Fsp3) is 0.500. The lowest BCUT2D eigenvalue weighted by molar-refractivity contribution is 0.156. The van der Waals surface area contributed by atoms with Gasteiger partial charge < -0.3 is 15.7 Å². The van der Waals surface area contributed by atoms with E-state index in [1.807, 2.05) is 0 Å². The minimum absolute atomic E-state index is 0.0121. The number of sulfone groups is 1. The first-order valence-corrected chi connectivity index (χ1v) is 8.79. The second kappa shape index (κ2) is 6.34. The van der Waals surface area contributed by atoms with Crippen molar-refractivity contribution in [2.45, 2.75) is 37.0 Å². The van der Waals surface area contributed by atoms with Gasteiger partial charge in [-0.25, -0.2) is 8.42 Å². The van der Waals surface area contributed by atoms with Gasteiger partial charge in [0.15, 0.2) is 5.84 Å². The molecule has 21 heavy (non-hydrogen) atoms. The van der Waals surface area contributed by atoms with Gasteiger partial charge in [0.2, 0.25) is 0 Å². The summed E-state index contributed by atoms with van der Waals surface area (Å²) in [4.78, 5) is 0. The zero-order chi connectivity index (χ0) is 15.5. The summed E-state index contributed by atoms with van der Waals surface area (Å²) < 4.78 is 29.2. The molecular weight excluding hydrogens is 292 g/mol. The van der Waals surface area contributed by atoms with Gasteiger partial charge in [0.1, 0.15) is 15.6 Å². The van der Waals surface area contributed by atoms with Crippen LogP contribution in [0.3, 0.4) is 0 Å². The second-order valence-corrected chi connectivity index (χ2v) is 7.70. The van der Waals surface area contributed by atoms with Crippen LogP contribution in [0.1, 0.15) is 31.2 Å². The lowest BCUT2D eigenvalue weighted by Gasteiger charge is -2.28. The van der Waals surface area contributed by atoms with Gasteiger partial charge in [0.05, 0.1) is 11.4 Å². The highest BCUT2D eigenvalue weighted by molar-refractivity contribution is 7.91. The van der Waals surface area contributed by atoms with Crippen LogP contribution in [0.15, 0.2) is 29.4 Å². The number of amidine groups is 1. The van der Waals surface area contributed by atoms with Gasteiger partial charge in [0.25, 0.3) is 0 Å². The molecule has 2 rings (SSSR count). The van der Waals surface area contributed by atoms with Crippen LogP contribution in [-0.4, -0.2) is 37.1 Å². The maximum Gasteiger partial charge on any atom is 0.170 e. The maximum absolute atomic E-state index is 11.7. The Morgan fingerprint density at radius 3 is 2.86 bits per heavy atom. The van der Waals surface area contributed by atoms with Crippen molar-refractivity contribution >= 4 is 15.7 Å². The van der Waals surface area contributed by atoms with Crippen LogP contribution in [0.5, 0.6) is 5.75 Å². The molecular formula is C14H20N2O4S. The van der Waals surface area contributed by atoms with Gasteiger partial charge in [-0.1, -0.05) is 17.3 Å². The molecule has 0 saturated heterocycles. The molecule has 0 radical (unpaired) electrons. The van der Waals surface area contributed by atoms with Crippen molar-refractivity contribution in [2.75, 3.05) is 6.26 Å². The third kappa shape index (κ3) is 4.10. The summed E-state index contributed by atoms with van der Waals surface area (Å²) in [6.07, 6.45) is 4.03. The summed E-state index contributed by atoms with van der Waals surface area (Å²) in [6, 6.07) is 6.92. The number of ether oxygens (including phenoxy) is 1. The summed E-state index contributed by atoms with van der Waals surface area (Å²) in [5.41, 5.74) is 6.10. The van der Waals surface area contributed by atoms with Crippen molar-refractivity contribution in [3.63, 3.8) is 0 Å². The van der Waals surface area contributed by atoms with Gasteiger partial charge in [0, 0.05) is 18.2 Å². The zero-order valence-electron chi connectivity index (χ0n) is 11.9. The molecule has 2 unspecified atom stereocenters. The lowest BCUT2D eigenvalue weighted by atomic mass is 9.97. The predicted octanol–water partition coefficient (Wildman–Crippen LogP) is 1.52. The standard InChI is InChI=1S/C14H20N2O4S/c1-21(18,19)13-7-3-6-12(9-13)20-11-5-2-4-10(8-11)14(15)16-17/h2,4-5,8,12-13,17H,3,6-7,9H2,1H3,(H2,15,16). The molecule has 0 spiro atoms. The van der Waals surface area contributed by atoms with E-state index >= 15 is 0 Å². The van der Waals surface area contributed by atoms with Crippen LogP contribution in [0.25, 0.3) is 0 Å². The highest BCUT2D eigenvalue weighted by atomic mass is 32.2. The van der Waals surface area contributed by atoms with Gasteiger partial charge in [-0.15, -0.1) is 0 Å². The fourth-order valence-corrected chi connectivity index (χ4v) is 3.74. The average Bonchev–Trinajstić information content (AvgIpc) is 2.46. The van der Waals surface area contributed by atoms with E-state index in [1.165, 1.54) is 6.26 Å². The van der Waals surface area contributed by atoms with Gasteiger partial charge in [-0.05, 0) is 31.4 Å². The molecule has 1 aliphatic rings. The number of nitrogens with two attached hydrogens (primary N) is 1. The number of nitrogens with zero attached hydrogens (tertiary/aromatic N) is 1. The highest BCUT2D eigenvalue weighted by Gasteiger charge is 2.29. The van der Waals surface area contributed by atoms with E-state index < -0.39 is 9.84 Å². The molecule has 0 aliphatic heterocycles. The van der Waals surface area contributed by atoms with E-state index in [0.29, 0.717) is 24.2 Å². The van der Waals surface area contributed by atoms with Crippen LogP contribution in [0.4, 0.5) is 0 Å². The molecule has 2 atom stereocenters. The first-order valence-electron chi connectivity index (χ1n) is 6.83. The number of benzene rings is 1. The topological polar surface area (TPSA) is 102 Å². The number of hydrogen-bond acceptors (Lipinski definition) is 5. The summed E-state index contributed by atoms with van der Waals surface area (Å²) in [6.45, 7) is 0. The third-order valence-corrected chi connectivity index (χ3v) is 5.36. The summed E-state index contributed by atoms with van der Waals surface area (Å²) in [5, 5.41) is 11.3. The Morgan fingerprint density at radius 2 is 2.19 bits per heavy atom. The summed E-state index contributed by atoms with van der Waals surface area (Å²) >= 11 is 0. The van der Waals surface area contributed by atoms with Crippen LogP contribution in [0.2, 0.25) is 0 Å². The molecule has 3 N–H and O–H groups in total. The normalized spacial score (nSPS) is 23.8. The Bertz CT molecular complexity index is 628. The largest absolute Gasteiger partial charge is 0.490 e. The van der Waals surface area contributed by atoms with Crippen molar-refractivity contribution in [1.82, 2.24) is 0 Å². The number of oxime groups is 1. The van der Waals surface area contributed by atoms with E-state index in [-0.39, 0.29) is 17.2 Å². The molecule has 116 valence electrons. The molecule has 1 saturated carbocycles. The molecule has 0 amide bonds. The molecule has 1 aromatic rings. The summed E-state index contributed by atoms with van der Waals surface area (Å²) in [5.74, 6) is 0.608. The smallest absolute Gasteiger partial charge is 0.170 e. The molecule has 0 aromatic heterocycles. The minimum atomic E-state index is -3.03. The predicted molar refractivity (Wildman–Crippen MR) is 80.5 cm³/mol. The molecule has 1 aliphatic carbocycles. The number of hydrogen-bond donors (Lipinski definition) is 2.